The van der Waals surface area contributed by atoms with Gasteiger partial charge in [0.2, 0.25) is 0 Å². The normalized spacial score (nSPS) is 17.6. The topological polar surface area (TPSA) is 46.3 Å². The molecule has 2 heterocycles. The second kappa shape index (κ2) is 4.72. The van der Waals surface area contributed by atoms with Crippen LogP contribution in [0.5, 0.6) is 0 Å². The van der Waals surface area contributed by atoms with Gasteiger partial charge in [-0.3, -0.25) is 0 Å². The Hall–Kier alpha value is -1.65. The minimum atomic E-state index is 0.762. The number of fused-ring (bicyclic) bond motifs is 2. The van der Waals surface area contributed by atoms with Crippen LogP contribution in [0.25, 0.3) is 5.78 Å². The van der Waals surface area contributed by atoms with Gasteiger partial charge in [0.1, 0.15) is 12.1 Å². The number of nitrogens with zero attached hydrogens (tertiary/aromatic N) is 5. The molecule has 4 rings (SSSR count). The van der Waals surface area contributed by atoms with E-state index in [1.807, 2.05) is 4.52 Å². The summed E-state index contributed by atoms with van der Waals surface area (Å²) in [5.74, 6) is 2.91. The Balaban J connectivity index is 1.84. The van der Waals surface area contributed by atoms with Crippen LogP contribution in [0.4, 0.5) is 5.82 Å². The van der Waals surface area contributed by atoms with Crippen molar-refractivity contribution in [2.24, 2.45) is 5.92 Å². The summed E-state index contributed by atoms with van der Waals surface area (Å²) in [4.78, 5) is 11.5. The van der Waals surface area contributed by atoms with Crippen LogP contribution in [0.2, 0.25) is 0 Å². The summed E-state index contributed by atoms with van der Waals surface area (Å²) in [6.45, 7) is 4.51. The molecular weight excluding hydrogens is 250 g/mol. The maximum Gasteiger partial charge on any atom is 0.254 e. The smallest absolute Gasteiger partial charge is 0.254 e. The molecule has 2 aliphatic carbocycles. The molecule has 2 aromatic rings. The SMILES string of the molecule is CCCN(CC1CC1)c1c2c(nc3ncnn13)CCC2. The van der Waals surface area contributed by atoms with Gasteiger partial charge in [0.15, 0.2) is 0 Å². The van der Waals surface area contributed by atoms with E-state index in [9.17, 15) is 0 Å². The minimum absolute atomic E-state index is 0.762. The Morgan fingerprint density at radius 3 is 3.05 bits per heavy atom. The van der Waals surface area contributed by atoms with E-state index in [-0.39, 0.29) is 0 Å². The second-order valence-corrected chi connectivity index (χ2v) is 6.08. The lowest BCUT2D eigenvalue weighted by Crippen LogP contribution is -2.30. The Morgan fingerprint density at radius 1 is 1.35 bits per heavy atom. The fraction of sp³-hybridized carbons (Fsp3) is 0.667. The maximum absolute atomic E-state index is 4.68. The number of anilines is 1. The molecule has 0 atom stereocenters. The zero-order valence-corrected chi connectivity index (χ0v) is 12.0. The molecule has 0 unspecified atom stereocenters. The van der Waals surface area contributed by atoms with Gasteiger partial charge in [-0.1, -0.05) is 6.92 Å². The van der Waals surface area contributed by atoms with Crippen molar-refractivity contribution in [3.8, 4) is 0 Å². The van der Waals surface area contributed by atoms with Crippen LogP contribution in [0.15, 0.2) is 6.33 Å². The predicted octanol–water partition coefficient (Wildman–Crippen LogP) is 2.24. The lowest BCUT2D eigenvalue weighted by atomic mass is 10.2. The molecule has 0 aromatic carbocycles. The quantitative estimate of drug-likeness (QED) is 0.836. The molecule has 0 bridgehead atoms. The van der Waals surface area contributed by atoms with Crippen molar-refractivity contribution >= 4 is 11.6 Å². The van der Waals surface area contributed by atoms with E-state index < -0.39 is 0 Å². The third kappa shape index (κ3) is 1.96. The van der Waals surface area contributed by atoms with E-state index in [0.717, 1.165) is 31.1 Å². The van der Waals surface area contributed by atoms with Gasteiger partial charge in [-0.15, -0.1) is 0 Å². The lowest BCUT2D eigenvalue weighted by Gasteiger charge is -2.26. The molecule has 0 radical (unpaired) electrons. The number of rotatable bonds is 5. The molecule has 20 heavy (non-hydrogen) atoms. The standard InChI is InChI=1S/C15H21N5/c1-2-8-19(9-11-6-7-11)14-12-4-3-5-13(12)18-15-16-10-17-20(14)15/h10-11H,2-9H2,1H3. The molecule has 0 spiro atoms. The largest absolute Gasteiger partial charge is 0.356 e. The summed E-state index contributed by atoms with van der Waals surface area (Å²) in [6, 6.07) is 0. The summed E-state index contributed by atoms with van der Waals surface area (Å²) in [5.41, 5.74) is 2.66. The zero-order chi connectivity index (χ0) is 13.5. The monoisotopic (exact) mass is 271 g/mol. The Bertz CT molecular complexity index is 628. The number of hydrogen-bond donors (Lipinski definition) is 0. The second-order valence-electron chi connectivity index (χ2n) is 6.08. The molecule has 0 aliphatic heterocycles. The van der Waals surface area contributed by atoms with E-state index >= 15 is 0 Å². The highest BCUT2D eigenvalue weighted by atomic mass is 15.4. The van der Waals surface area contributed by atoms with E-state index in [0.29, 0.717) is 0 Å². The molecule has 2 aliphatic rings. The first-order valence-electron chi connectivity index (χ1n) is 7.83. The highest BCUT2D eigenvalue weighted by Gasteiger charge is 2.29. The molecule has 1 saturated carbocycles. The molecule has 5 heteroatoms. The summed E-state index contributed by atoms with van der Waals surface area (Å²) in [5, 5.41) is 4.43. The van der Waals surface area contributed by atoms with Crippen LogP contribution in [-0.2, 0) is 12.8 Å². The Kier molecular flexibility index (Phi) is 2.86. The van der Waals surface area contributed by atoms with E-state index in [2.05, 4.69) is 26.9 Å². The van der Waals surface area contributed by atoms with Crippen LogP contribution in [0.1, 0.15) is 43.9 Å². The fourth-order valence-electron chi connectivity index (χ4n) is 3.29. The molecule has 1 fully saturated rings. The van der Waals surface area contributed by atoms with Crippen molar-refractivity contribution in [1.82, 2.24) is 19.6 Å². The van der Waals surface area contributed by atoms with Gasteiger partial charge >= 0.3 is 0 Å². The lowest BCUT2D eigenvalue weighted by molar-refractivity contribution is 0.680. The van der Waals surface area contributed by atoms with Gasteiger partial charge in [0.05, 0.1) is 5.69 Å². The Labute approximate surface area is 119 Å². The predicted molar refractivity (Wildman–Crippen MR) is 78.0 cm³/mol. The van der Waals surface area contributed by atoms with E-state index in [4.69, 9.17) is 0 Å². The van der Waals surface area contributed by atoms with Crippen molar-refractivity contribution in [2.75, 3.05) is 18.0 Å². The van der Waals surface area contributed by atoms with Gasteiger partial charge < -0.3 is 4.90 Å². The average Bonchev–Trinajstić information content (AvgIpc) is 2.96. The Morgan fingerprint density at radius 2 is 2.25 bits per heavy atom. The molecule has 0 amide bonds. The number of aryl methyl sites for hydroxylation is 1. The summed E-state index contributed by atoms with van der Waals surface area (Å²) >= 11 is 0. The molecule has 0 N–H and O–H groups in total. The zero-order valence-electron chi connectivity index (χ0n) is 12.0. The van der Waals surface area contributed by atoms with Crippen LogP contribution in [0, 0.1) is 5.92 Å². The average molecular weight is 271 g/mol. The van der Waals surface area contributed by atoms with Gasteiger partial charge in [0.25, 0.3) is 5.78 Å². The highest BCUT2D eigenvalue weighted by Crippen LogP contribution is 2.35. The number of aromatic nitrogens is 4. The van der Waals surface area contributed by atoms with Gasteiger partial charge in [-0.25, -0.2) is 4.98 Å². The highest BCUT2D eigenvalue weighted by molar-refractivity contribution is 5.56. The van der Waals surface area contributed by atoms with Crippen molar-refractivity contribution in [3.63, 3.8) is 0 Å². The maximum atomic E-state index is 4.68. The first-order chi connectivity index (χ1) is 9.86. The summed E-state index contributed by atoms with van der Waals surface area (Å²) in [6.07, 6.45) is 9.00. The molecule has 2 aromatic heterocycles. The van der Waals surface area contributed by atoms with Crippen LogP contribution in [0.3, 0.4) is 0 Å². The molecule has 0 saturated heterocycles. The third-order valence-corrected chi connectivity index (χ3v) is 4.39. The van der Waals surface area contributed by atoms with Crippen molar-refractivity contribution < 1.29 is 0 Å². The summed E-state index contributed by atoms with van der Waals surface area (Å²) < 4.78 is 1.96. The molecule has 106 valence electrons. The van der Waals surface area contributed by atoms with Gasteiger partial charge in [-0.05, 0) is 44.4 Å². The molecular formula is C15H21N5. The minimum Gasteiger partial charge on any atom is -0.356 e. The first-order valence-corrected chi connectivity index (χ1v) is 7.83. The summed E-state index contributed by atoms with van der Waals surface area (Å²) in [7, 11) is 0. The van der Waals surface area contributed by atoms with Crippen molar-refractivity contribution in [2.45, 2.75) is 45.4 Å². The third-order valence-electron chi connectivity index (χ3n) is 4.39. The van der Waals surface area contributed by atoms with Gasteiger partial charge in [0, 0.05) is 18.7 Å². The van der Waals surface area contributed by atoms with E-state index in [1.54, 1.807) is 6.33 Å². The van der Waals surface area contributed by atoms with Crippen molar-refractivity contribution in [3.05, 3.63) is 17.6 Å². The number of hydrogen-bond acceptors (Lipinski definition) is 4. The van der Waals surface area contributed by atoms with E-state index in [1.165, 1.54) is 49.3 Å². The van der Waals surface area contributed by atoms with Crippen LogP contribution in [-0.4, -0.2) is 32.7 Å². The fourth-order valence-corrected chi connectivity index (χ4v) is 3.29. The first kappa shape index (κ1) is 12.1. The van der Waals surface area contributed by atoms with Crippen molar-refractivity contribution in [1.29, 1.82) is 0 Å². The van der Waals surface area contributed by atoms with Crippen LogP contribution < -0.4 is 4.90 Å². The molecule has 5 nitrogen and oxygen atoms in total. The van der Waals surface area contributed by atoms with Crippen LogP contribution >= 0.6 is 0 Å². The van der Waals surface area contributed by atoms with Gasteiger partial charge in [-0.2, -0.15) is 14.6 Å².